The summed E-state index contributed by atoms with van der Waals surface area (Å²) < 4.78 is 0. The third-order valence-electron chi connectivity index (χ3n) is 2.52. The van der Waals surface area contributed by atoms with Crippen LogP contribution in [-0.2, 0) is 0 Å². The lowest BCUT2D eigenvalue weighted by atomic mass is 10.00. The van der Waals surface area contributed by atoms with Gasteiger partial charge < -0.3 is 5.73 Å². The molecule has 0 heterocycles. The van der Waals surface area contributed by atoms with Crippen molar-refractivity contribution in [3.8, 4) is 0 Å². The van der Waals surface area contributed by atoms with Crippen molar-refractivity contribution in [1.29, 1.82) is 0 Å². The Morgan fingerprint density at radius 3 is 2.85 bits per heavy atom. The summed E-state index contributed by atoms with van der Waals surface area (Å²) in [6, 6.07) is 0. The van der Waals surface area contributed by atoms with E-state index in [0.717, 1.165) is 19.3 Å². The highest BCUT2D eigenvalue weighted by atomic mass is 14.5. The first kappa shape index (κ1) is 10.3. The van der Waals surface area contributed by atoms with Gasteiger partial charge in [-0.3, -0.25) is 0 Å². The van der Waals surface area contributed by atoms with E-state index in [1.807, 2.05) is 0 Å². The lowest BCUT2D eigenvalue weighted by Gasteiger charge is -2.08. The van der Waals surface area contributed by atoms with E-state index in [1.165, 1.54) is 16.7 Å². The molecule has 0 saturated carbocycles. The third kappa shape index (κ3) is 3.19. The smallest absolute Gasteiger partial charge is 0.0139 e. The molecule has 1 aliphatic carbocycles. The molecule has 0 radical (unpaired) electrons. The first-order chi connectivity index (χ1) is 6.24. The maximum atomic E-state index is 5.71. The minimum absolute atomic E-state index is 0.715. The van der Waals surface area contributed by atoms with Crippen LogP contribution in [-0.4, -0.2) is 6.54 Å². The Bertz CT molecular complexity index is 256. The zero-order valence-corrected chi connectivity index (χ0v) is 8.64. The number of allylic oxidation sites excluding steroid dienone is 5. The number of hydrogen-bond acceptors (Lipinski definition) is 1. The van der Waals surface area contributed by atoms with Crippen molar-refractivity contribution in [1.82, 2.24) is 0 Å². The molecule has 0 aromatic rings. The van der Waals surface area contributed by atoms with Crippen LogP contribution in [0, 0.1) is 0 Å². The van der Waals surface area contributed by atoms with E-state index in [9.17, 15) is 0 Å². The summed E-state index contributed by atoms with van der Waals surface area (Å²) in [6.45, 7) is 5.09. The summed E-state index contributed by atoms with van der Waals surface area (Å²) in [5.41, 5.74) is 10.0. The molecule has 0 aromatic carbocycles. The summed E-state index contributed by atoms with van der Waals surface area (Å²) in [5.74, 6) is 0. The van der Waals surface area contributed by atoms with E-state index in [0.29, 0.717) is 6.54 Å². The minimum atomic E-state index is 0.715. The molecule has 0 spiro atoms. The summed E-state index contributed by atoms with van der Waals surface area (Å²) in [4.78, 5) is 0. The van der Waals surface area contributed by atoms with Crippen molar-refractivity contribution in [2.45, 2.75) is 33.1 Å². The Labute approximate surface area is 81.0 Å². The molecule has 1 nitrogen and oxygen atoms in total. The Hall–Kier alpha value is -0.820. The monoisotopic (exact) mass is 177 g/mol. The molecule has 0 fully saturated rings. The maximum absolute atomic E-state index is 5.71. The topological polar surface area (TPSA) is 26.0 Å². The molecule has 1 rings (SSSR count). The van der Waals surface area contributed by atoms with Crippen molar-refractivity contribution >= 4 is 0 Å². The molecule has 0 aliphatic heterocycles. The van der Waals surface area contributed by atoms with Crippen LogP contribution in [0.3, 0.4) is 0 Å². The molecule has 0 bridgehead atoms. The highest BCUT2D eigenvalue weighted by Gasteiger charge is 2.02. The molecule has 2 N–H and O–H groups in total. The minimum Gasteiger partial charge on any atom is -0.327 e. The molecule has 1 heteroatoms. The fraction of sp³-hybridized carbons (Fsp3) is 0.500. The van der Waals surface area contributed by atoms with Crippen molar-refractivity contribution in [2.75, 3.05) is 6.54 Å². The number of nitrogens with two attached hydrogens (primary N) is 1. The Kier molecular flexibility index (Phi) is 3.97. The molecule has 1 aliphatic rings. The fourth-order valence-electron chi connectivity index (χ4n) is 1.68. The van der Waals surface area contributed by atoms with Crippen LogP contribution in [0.4, 0.5) is 0 Å². The van der Waals surface area contributed by atoms with Gasteiger partial charge in [0, 0.05) is 6.54 Å². The van der Waals surface area contributed by atoms with Crippen LogP contribution in [0.1, 0.15) is 33.1 Å². The van der Waals surface area contributed by atoms with E-state index in [-0.39, 0.29) is 0 Å². The van der Waals surface area contributed by atoms with Crippen molar-refractivity contribution < 1.29 is 0 Å². The van der Waals surface area contributed by atoms with Crippen LogP contribution in [0.15, 0.2) is 34.9 Å². The summed E-state index contributed by atoms with van der Waals surface area (Å²) in [5, 5.41) is 0. The van der Waals surface area contributed by atoms with Gasteiger partial charge in [0.1, 0.15) is 0 Å². The second-order valence-electron chi connectivity index (χ2n) is 3.74. The van der Waals surface area contributed by atoms with Crippen LogP contribution in [0.25, 0.3) is 0 Å². The molecule has 72 valence electrons. The SMILES string of the molecule is C/C1=C/C=C/CC/C(CN)=C(\C)C1. The second-order valence-corrected chi connectivity index (χ2v) is 3.74. The average molecular weight is 177 g/mol. The summed E-state index contributed by atoms with van der Waals surface area (Å²) in [6.07, 6.45) is 9.90. The molecule has 0 aromatic heterocycles. The molecule has 13 heavy (non-hydrogen) atoms. The molecule has 0 amide bonds. The maximum Gasteiger partial charge on any atom is 0.0139 e. The highest BCUT2D eigenvalue weighted by Crippen LogP contribution is 2.19. The van der Waals surface area contributed by atoms with Gasteiger partial charge in [-0.1, -0.05) is 34.9 Å². The van der Waals surface area contributed by atoms with Gasteiger partial charge in [0.2, 0.25) is 0 Å². The van der Waals surface area contributed by atoms with Gasteiger partial charge in [-0.15, -0.1) is 0 Å². The molecular weight excluding hydrogens is 158 g/mol. The zero-order chi connectivity index (χ0) is 9.68. The standard InChI is InChI=1S/C12H19N/c1-10-6-4-3-5-7-12(9-13)11(2)8-10/h3-4,6H,5,7-9,13H2,1-2H3/b4-3+,10-6-,12-11-. The third-order valence-corrected chi connectivity index (χ3v) is 2.52. The van der Waals surface area contributed by atoms with Gasteiger partial charge >= 0.3 is 0 Å². The lowest BCUT2D eigenvalue weighted by molar-refractivity contribution is 0.892. The van der Waals surface area contributed by atoms with Crippen molar-refractivity contribution in [3.05, 3.63) is 34.9 Å². The lowest BCUT2D eigenvalue weighted by Crippen LogP contribution is -2.05. The molecular formula is C12H19N. The predicted octanol–water partition coefficient (Wildman–Crippen LogP) is 2.95. The molecule has 0 atom stereocenters. The van der Waals surface area contributed by atoms with Gasteiger partial charge in [0.05, 0.1) is 0 Å². The second kappa shape index (κ2) is 5.03. The van der Waals surface area contributed by atoms with Gasteiger partial charge in [0.15, 0.2) is 0 Å². The van der Waals surface area contributed by atoms with E-state index in [4.69, 9.17) is 5.73 Å². The highest BCUT2D eigenvalue weighted by molar-refractivity contribution is 5.24. The number of hydrogen-bond donors (Lipinski definition) is 1. The van der Waals surface area contributed by atoms with Gasteiger partial charge in [-0.05, 0) is 33.1 Å². The normalized spacial score (nSPS) is 31.2. The zero-order valence-electron chi connectivity index (χ0n) is 8.64. The van der Waals surface area contributed by atoms with Crippen molar-refractivity contribution in [2.24, 2.45) is 5.73 Å². The van der Waals surface area contributed by atoms with E-state index in [2.05, 4.69) is 32.1 Å². The predicted molar refractivity (Wildman–Crippen MR) is 58.5 cm³/mol. The molecule has 0 unspecified atom stereocenters. The van der Waals surface area contributed by atoms with E-state index in [1.54, 1.807) is 0 Å². The number of rotatable bonds is 1. The average Bonchev–Trinajstić information content (AvgIpc) is 2.16. The molecule has 0 saturated heterocycles. The Balaban J connectivity index is 2.83. The van der Waals surface area contributed by atoms with Gasteiger partial charge in [-0.25, -0.2) is 0 Å². The Morgan fingerprint density at radius 1 is 1.38 bits per heavy atom. The Morgan fingerprint density at radius 2 is 2.15 bits per heavy atom. The van der Waals surface area contributed by atoms with Crippen LogP contribution >= 0.6 is 0 Å². The van der Waals surface area contributed by atoms with E-state index < -0.39 is 0 Å². The largest absolute Gasteiger partial charge is 0.327 e. The van der Waals surface area contributed by atoms with Crippen LogP contribution in [0.2, 0.25) is 0 Å². The summed E-state index contributed by atoms with van der Waals surface area (Å²) in [7, 11) is 0. The first-order valence-electron chi connectivity index (χ1n) is 4.94. The van der Waals surface area contributed by atoms with Crippen LogP contribution in [0.5, 0.6) is 0 Å². The fourth-order valence-corrected chi connectivity index (χ4v) is 1.68. The van der Waals surface area contributed by atoms with E-state index >= 15 is 0 Å². The van der Waals surface area contributed by atoms with Gasteiger partial charge in [0.25, 0.3) is 0 Å². The van der Waals surface area contributed by atoms with Crippen LogP contribution < -0.4 is 5.73 Å². The first-order valence-corrected chi connectivity index (χ1v) is 4.94. The van der Waals surface area contributed by atoms with Gasteiger partial charge in [-0.2, -0.15) is 0 Å². The van der Waals surface area contributed by atoms with Crippen molar-refractivity contribution in [3.63, 3.8) is 0 Å². The quantitative estimate of drug-likeness (QED) is 0.612. The summed E-state index contributed by atoms with van der Waals surface area (Å²) >= 11 is 0.